The molecule has 0 N–H and O–H groups in total. The van der Waals surface area contributed by atoms with Crippen LogP contribution in [-0.4, -0.2) is 8.07 Å². The van der Waals surface area contributed by atoms with Crippen molar-refractivity contribution in [2.24, 2.45) is 7.05 Å². The number of benzene rings is 4. The lowest BCUT2D eigenvalue weighted by Gasteiger charge is -2.27. The summed E-state index contributed by atoms with van der Waals surface area (Å²) in [5.41, 5.74) is 11.5. The first-order valence-electron chi connectivity index (χ1n) is 17.3. The van der Waals surface area contributed by atoms with Crippen molar-refractivity contribution in [3.63, 3.8) is 0 Å². The maximum Gasteiger partial charge on any atom is 0.216 e. The molecule has 0 saturated carbocycles. The molecule has 6 aromatic rings. The number of hydrogen-bond acceptors (Lipinski definition) is 1. The Balaban J connectivity index is 1.68. The van der Waals surface area contributed by atoms with Crippen molar-refractivity contribution in [1.29, 1.82) is 0 Å². The molecule has 0 amide bonds. The average molecular weight is 600 g/mol. The first kappa shape index (κ1) is 26.4. The Morgan fingerprint density at radius 1 is 0.727 bits per heavy atom. The smallest absolute Gasteiger partial charge is 0.216 e. The summed E-state index contributed by atoms with van der Waals surface area (Å²) in [5, 5.41) is 3.52. The molecule has 44 heavy (non-hydrogen) atoms. The van der Waals surface area contributed by atoms with Gasteiger partial charge in [0.2, 0.25) is 5.69 Å². The molecule has 3 heteroatoms. The Bertz CT molecular complexity index is 2100. The van der Waals surface area contributed by atoms with Crippen LogP contribution < -0.4 is 9.75 Å². The maximum atomic E-state index is 8.68. The summed E-state index contributed by atoms with van der Waals surface area (Å²) in [6.45, 7) is 15.8. The molecule has 0 fully saturated rings. The quantitative estimate of drug-likeness (QED) is 0.137. The number of fused-ring (bicyclic) bond motifs is 3. The molecule has 0 aliphatic heterocycles. The van der Waals surface area contributed by atoms with Gasteiger partial charge < -0.3 is 4.42 Å². The second kappa shape index (κ2) is 11.2. The Labute approximate surface area is 268 Å². The van der Waals surface area contributed by atoms with Crippen LogP contribution in [0.5, 0.6) is 0 Å². The van der Waals surface area contributed by atoms with Crippen molar-refractivity contribution in [2.75, 3.05) is 0 Å². The Hall–Kier alpha value is -3.95. The van der Waals surface area contributed by atoms with Crippen LogP contribution in [0.4, 0.5) is 0 Å². The third-order valence-corrected chi connectivity index (χ3v) is 11.1. The molecule has 224 valence electrons. The second-order valence-corrected chi connectivity index (χ2v) is 19.1. The van der Waals surface area contributed by atoms with Gasteiger partial charge in [0.1, 0.15) is 18.2 Å². The standard InChI is InChI=1S/C41H46NOSi/c1-25(2)34-21-31(44(8,9)10)22-35(26(3)4)40(34)36-23-37(42(7)24-28(36)6)39-27(5)16-18-33-32-19-17-30(20-38(32)43-41(33)39)29-14-12-11-13-15-29/h11-26H,1-10H3/q+1/i6D3. The highest BCUT2D eigenvalue weighted by atomic mass is 28.3. The lowest BCUT2D eigenvalue weighted by molar-refractivity contribution is -0.660. The van der Waals surface area contributed by atoms with E-state index >= 15 is 0 Å². The number of rotatable bonds is 6. The molecule has 0 bridgehead atoms. The normalized spacial score (nSPS) is 13.6. The minimum atomic E-state index is -2.29. The molecule has 0 aliphatic rings. The number of pyridine rings is 1. The molecule has 0 aliphatic carbocycles. The lowest BCUT2D eigenvalue weighted by atomic mass is 9.83. The van der Waals surface area contributed by atoms with E-state index in [1.807, 2.05) is 36.0 Å². The summed E-state index contributed by atoms with van der Waals surface area (Å²) in [6.07, 6.45) is 1.83. The molecule has 0 spiro atoms. The number of aromatic nitrogens is 1. The highest BCUT2D eigenvalue weighted by molar-refractivity contribution is 6.88. The predicted molar refractivity (Wildman–Crippen MR) is 192 cm³/mol. The first-order valence-corrected chi connectivity index (χ1v) is 19.3. The van der Waals surface area contributed by atoms with Crippen LogP contribution in [0, 0.1) is 13.8 Å². The largest absolute Gasteiger partial charge is 0.455 e. The molecule has 0 atom stereocenters. The summed E-state index contributed by atoms with van der Waals surface area (Å²) < 4.78 is 34.7. The minimum Gasteiger partial charge on any atom is -0.455 e. The number of furan rings is 1. The molecule has 0 radical (unpaired) electrons. The molecule has 2 nitrogen and oxygen atoms in total. The van der Waals surface area contributed by atoms with Gasteiger partial charge in [-0.05, 0) is 76.7 Å². The zero-order valence-corrected chi connectivity index (χ0v) is 28.6. The zero-order chi connectivity index (χ0) is 34.0. The zero-order valence-electron chi connectivity index (χ0n) is 30.6. The van der Waals surface area contributed by atoms with Crippen LogP contribution in [0.2, 0.25) is 19.6 Å². The van der Waals surface area contributed by atoms with E-state index in [0.717, 1.165) is 61.0 Å². The molecule has 2 heterocycles. The summed E-state index contributed by atoms with van der Waals surface area (Å²) in [4.78, 5) is 0. The Kier molecular flexibility index (Phi) is 6.73. The van der Waals surface area contributed by atoms with Crippen LogP contribution in [0.15, 0.2) is 89.5 Å². The van der Waals surface area contributed by atoms with Gasteiger partial charge in [0.05, 0.1) is 13.6 Å². The summed E-state index contributed by atoms with van der Waals surface area (Å²) in [5.74, 6) is 0.444. The molecule has 6 rings (SSSR count). The fourth-order valence-electron chi connectivity index (χ4n) is 6.51. The van der Waals surface area contributed by atoms with E-state index in [2.05, 4.69) is 115 Å². The van der Waals surface area contributed by atoms with Crippen LogP contribution in [0.3, 0.4) is 0 Å². The highest BCUT2D eigenvalue weighted by Crippen LogP contribution is 2.42. The topological polar surface area (TPSA) is 17.0 Å². The highest BCUT2D eigenvalue weighted by Gasteiger charge is 2.27. The van der Waals surface area contributed by atoms with Gasteiger partial charge in [-0.15, -0.1) is 0 Å². The van der Waals surface area contributed by atoms with Gasteiger partial charge in [0, 0.05) is 26.5 Å². The summed E-state index contributed by atoms with van der Waals surface area (Å²) >= 11 is 0. The van der Waals surface area contributed by atoms with Gasteiger partial charge >= 0.3 is 0 Å². The Morgan fingerprint density at radius 3 is 2.00 bits per heavy atom. The van der Waals surface area contributed by atoms with Crippen molar-refractivity contribution in [1.82, 2.24) is 0 Å². The maximum absolute atomic E-state index is 8.68. The molecular weight excluding hydrogens is 551 g/mol. The van der Waals surface area contributed by atoms with E-state index in [-0.39, 0.29) is 11.8 Å². The monoisotopic (exact) mass is 599 g/mol. The molecule has 4 aromatic carbocycles. The molecule has 0 unspecified atom stereocenters. The number of nitrogens with zero attached hydrogens (tertiary/aromatic N) is 1. The van der Waals surface area contributed by atoms with E-state index in [4.69, 9.17) is 8.53 Å². The third kappa shape index (κ3) is 5.22. The summed E-state index contributed by atoms with van der Waals surface area (Å²) in [6, 6.07) is 27.9. The Morgan fingerprint density at radius 2 is 1.39 bits per heavy atom. The first-order chi connectivity index (χ1) is 22.1. The fraction of sp³-hybridized carbons (Fsp3) is 0.293. The fourth-order valence-corrected chi connectivity index (χ4v) is 7.69. The summed E-state index contributed by atoms with van der Waals surface area (Å²) in [7, 11) is 0.306. The van der Waals surface area contributed by atoms with Gasteiger partial charge in [-0.1, -0.05) is 113 Å². The van der Waals surface area contributed by atoms with E-state index in [9.17, 15) is 0 Å². The van der Waals surface area contributed by atoms with Crippen LogP contribution in [0.1, 0.15) is 65.9 Å². The van der Waals surface area contributed by atoms with Crippen LogP contribution >= 0.6 is 0 Å². The van der Waals surface area contributed by atoms with E-state index in [1.54, 1.807) is 0 Å². The predicted octanol–water partition coefficient (Wildman–Crippen LogP) is 10.8. The number of aryl methyl sites for hydroxylation is 3. The van der Waals surface area contributed by atoms with Gasteiger partial charge in [-0.2, -0.15) is 0 Å². The lowest BCUT2D eigenvalue weighted by Crippen LogP contribution is -2.38. The van der Waals surface area contributed by atoms with Crippen molar-refractivity contribution in [3.05, 3.63) is 107 Å². The third-order valence-electron chi connectivity index (χ3n) is 9.07. The van der Waals surface area contributed by atoms with Gasteiger partial charge in [0.25, 0.3) is 0 Å². The van der Waals surface area contributed by atoms with Crippen LogP contribution in [0.25, 0.3) is 55.4 Å². The average Bonchev–Trinajstić information content (AvgIpc) is 3.37. The SMILES string of the molecule is [2H]C([2H])([2H])c1c[n+](C)c(-c2c(C)ccc3c2oc2cc(-c4ccccc4)ccc23)cc1-c1c(C(C)C)cc([Si](C)(C)C)cc1C(C)C. The van der Waals surface area contributed by atoms with Gasteiger partial charge in [-0.3, -0.25) is 0 Å². The van der Waals surface area contributed by atoms with Crippen molar-refractivity contribution in [2.45, 2.75) is 72.9 Å². The van der Waals surface area contributed by atoms with E-state index in [0.29, 0.717) is 5.56 Å². The molecule has 0 saturated heterocycles. The van der Waals surface area contributed by atoms with Crippen molar-refractivity contribution >= 4 is 35.2 Å². The minimum absolute atomic E-state index is 0.222. The van der Waals surface area contributed by atoms with Crippen molar-refractivity contribution in [3.8, 4) is 33.5 Å². The van der Waals surface area contributed by atoms with Crippen molar-refractivity contribution < 1.29 is 13.1 Å². The molecule has 2 aromatic heterocycles. The second-order valence-electron chi connectivity index (χ2n) is 14.0. The van der Waals surface area contributed by atoms with E-state index in [1.165, 1.54) is 16.3 Å². The molecular formula is C41H46NOSi+. The van der Waals surface area contributed by atoms with Gasteiger partial charge in [-0.25, -0.2) is 4.57 Å². The van der Waals surface area contributed by atoms with Crippen LogP contribution in [-0.2, 0) is 7.05 Å². The van der Waals surface area contributed by atoms with Gasteiger partial charge in [0.15, 0.2) is 6.20 Å². The van der Waals surface area contributed by atoms with E-state index < -0.39 is 14.9 Å². The number of hydrogen-bond donors (Lipinski definition) is 0.